The molecule has 0 saturated heterocycles. The van der Waals surface area contributed by atoms with Crippen LogP contribution >= 0.6 is 0 Å². The minimum Gasteiger partial charge on any atom is -0.299 e. The Morgan fingerprint density at radius 2 is 1.86 bits per heavy atom. The highest BCUT2D eigenvalue weighted by atomic mass is 32.2. The lowest BCUT2D eigenvalue weighted by molar-refractivity contribution is 0.585. The largest absolute Gasteiger partial charge is 0.299 e. The number of hydrogen-bond donors (Lipinski definition) is 1. The van der Waals surface area contributed by atoms with Crippen molar-refractivity contribution in [2.24, 2.45) is 7.05 Å². The summed E-state index contributed by atoms with van der Waals surface area (Å²) >= 11 is 0. The first kappa shape index (κ1) is 22.4. The zero-order valence-corrected chi connectivity index (χ0v) is 19.9. The molecule has 11 heteroatoms. The van der Waals surface area contributed by atoms with Gasteiger partial charge in [0.05, 0.1) is 33.9 Å². The van der Waals surface area contributed by atoms with E-state index >= 15 is 0 Å². The summed E-state index contributed by atoms with van der Waals surface area (Å²) in [4.78, 5) is 8.85. The molecule has 182 valence electrons. The van der Waals surface area contributed by atoms with Gasteiger partial charge in [0.2, 0.25) is 10.0 Å². The molecule has 6 rings (SSSR count). The molecular formula is C25H20F2N6O2S. The van der Waals surface area contributed by atoms with Gasteiger partial charge in [-0.15, -0.1) is 0 Å². The minimum absolute atomic E-state index is 0.0481. The highest BCUT2D eigenvalue weighted by Gasteiger charge is 2.36. The summed E-state index contributed by atoms with van der Waals surface area (Å²) in [5.74, 6) is -1.47. The van der Waals surface area contributed by atoms with Gasteiger partial charge in [-0.2, -0.15) is 5.10 Å². The van der Waals surface area contributed by atoms with E-state index < -0.39 is 26.9 Å². The zero-order chi connectivity index (χ0) is 25.0. The number of imidazole rings is 1. The first-order chi connectivity index (χ1) is 17.3. The number of halogens is 2. The van der Waals surface area contributed by atoms with Crippen molar-refractivity contribution in [2.75, 3.05) is 4.72 Å². The molecule has 0 radical (unpaired) electrons. The Balaban J connectivity index is 1.47. The molecule has 8 nitrogen and oxygen atoms in total. The molecule has 0 spiro atoms. The highest BCUT2D eigenvalue weighted by molar-refractivity contribution is 7.93. The van der Waals surface area contributed by atoms with Crippen molar-refractivity contribution in [3.05, 3.63) is 78.9 Å². The van der Waals surface area contributed by atoms with Gasteiger partial charge in [-0.05, 0) is 48.7 Å². The quantitative estimate of drug-likeness (QED) is 0.361. The van der Waals surface area contributed by atoms with Gasteiger partial charge in [-0.1, -0.05) is 6.07 Å². The Kier molecular flexibility index (Phi) is 5.11. The smallest absolute Gasteiger partial charge is 0.236 e. The summed E-state index contributed by atoms with van der Waals surface area (Å²) in [6, 6.07) is 12.1. The molecule has 1 aliphatic rings. The standard InChI is InChI=1S/C25H20F2N6O2S/c1-32-13-16(12-29-32)15-2-7-24-23(8-15)28-14-33(24)18-10-22(20-6-3-17(26)9-21(20)27)30-25(11-18)31-36(34,35)19-4-5-19/h2-3,6-14,19H,4-5H2,1H3,(H,30,31). The first-order valence-corrected chi connectivity index (χ1v) is 12.8. The van der Waals surface area contributed by atoms with Gasteiger partial charge in [0.15, 0.2) is 0 Å². The molecule has 2 aromatic carbocycles. The van der Waals surface area contributed by atoms with E-state index in [4.69, 9.17) is 0 Å². The van der Waals surface area contributed by atoms with Crippen LogP contribution in [0.25, 0.3) is 39.1 Å². The summed E-state index contributed by atoms with van der Waals surface area (Å²) in [7, 11) is -1.77. The molecule has 0 bridgehead atoms. The maximum atomic E-state index is 14.6. The summed E-state index contributed by atoms with van der Waals surface area (Å²) in [6.07, 6.45) is 6.45. The van der Waals surface area contributed by atoms with Crippen LogP contribution in [0.3, 0.4) is 0 Å². The maximum absolute atomic E-state index is 14.6. The van der Waals surface area contributed by atoms with Gasteiger partial charge in [0.1, 0.15) is 23.8 Å². The SMILES string of the molecule is Cn1cc(-c2ccc3c(c2)ncn3-c2cc(NS(=O)(=O)C3CC3)nc(-c3ccc(F)cc3F)c2)cn1. The Hall–Kier alpha value is -4.12. The van der Waals surface area contributed by atoms with Gasteiger partial charge in [0.25, 0.3) is 0 Å². The van der Waals surface area contributed by atoms with Gasteiger partial charge >= 0.3 is 0 Å². The van der Waals surface area contributed by atoms with E-state index in [0.717, 1.165) is 28.8 Å². The Labute approximate surface area is 205 Å². The van der Waals surface area contributed by atoms with Crippen LogP contribution in [0.5, 0.6) is 0 Å². The number of aryl methyl sites for hydroxylation is 1. The van der Waals surface area contributed by atoms with Crippen molar-refractivity contribution in [3.63, 3.8) is 0 Å². The van der Waals surface area contributed by atoms with Crippen molar-refractivity contribution in [1.82, 2.24) is 24.3 Å². The number of hydrogen-bond acceptors (Lipinski definition) is 5. The number of aromatic nitrogens is 5. The second-order valence-corrected chi connectivity index (χ2v) is 10.7. The fourth-order valence-corrected chi connectivity index (χ4v) is 5.44. The lowest BCUT2D eigenvalue weighted by atomic mass is 10.1. The monoisotopic (exact) mass is 506 g/mol. The van der Waals surface area contributed by atoms with E-state index in [1.165, 1.54) is 6.07 Å². The topological polar surface area (TPSA) is 94.7 Å². The Morgan fingerprint density at radius 1 is 1.03 bits per heavy atom. The van der Waals surface area contributed by atoms with E-state index in [1.54, 1.807) is 33.9 Å². The molecule has 0 atom stereocenters. The molecule has 0 amide bonds. The normalized spacial score (nSPS) is 13.9. The highest BCUT2D eigenvalue weighted by Crippen LogP contribution is 2.32. The van der Waals surface area contributed by atoms with Crippen LogP contribution < -0.4 is 4.72 Å². The Bertz CT molecular complexity index is 1740. The van der Waals surface area contributed by atoms with E-state index in [9.17, 15) is 17.2 Å². The van der Waals surface area contributed by atoms with E-state index in [1.807, 2.05) is 31.4 Å². The summed E-state index contributed by atoms with van der Waals surface area (Å²) < 4.78 is 59.4. The van der Waals surface area contributed by atoms with Crippen LogP contribution in [-0.2, 0) is 17.1 Å². The molecule has 1 saturated carbocycles. The van der Waals surface area contributed by atoms with Crippen LogP contribution in [0.1, 0.15) is 12.8 Å². The molecule has 0 aliphatic heterocycles. The predicted molar refractivity (Wildman–Crippen MR) is 132 cm³/mol. The summed E-state index contributed by atoms with van der Waals surface area (Å²) in [5, 5.41) is 3.74. The molecule has 5 aromatic rings. The lowest BCUT2D eigenvalue weighted by Gasteiger charge is -2.13. The second kappa shape index (κ2) is 8.23. The van der Waals surface area contributed by atoms with Gasteiger partial charge in [-0.25, -0.2) is 27.2 Å². The minimum atomic E-state index is -3.62. The molecule has 0 unspecified atom stereocenters. The fraction of sp³-hybridized carbons (Fsp3) is 0.160. The summed E-state index contributed by atoms with van der Waals surface area (Å²) in [6.45, 7) is 0. The summed E-state index contributed by atoms with van der Waals surface area (Å²) in [5.41, 5.74) is 4.10. The average molecular weight is 507 g/mol. The van der Waals surface area contributed by atoms with Crippen LogP contribution in [0.15, 0.2) is 67.3 Å². The number of sulfonamides is 1. The molecule has 36 heavy (non-hydrogen) atoms. The van der Waals surface area contributed by atoms with Crippen molar-refractivity contribution in [1.29, 1.82) is 0 Å². The van der Waals surface area contributed by atoms with Gasteiger partial charge < -0.3 is 0 Å². The first-order valence-electron chi connectivity index (χ1n) is 11.2. The van der Waals surface area contributed by atoms with Crippen molar-refractivity contribution >= 4 is 26.9 Å². The second-order valence-electron chi connectivity index (χ2n) is 8.79. The fourth-order valence-electron chi connectivity index (χ4n) is 4.12. The van der Waals surface area contributed by atoms with Crippen molar-refractivity contribution in [3.8, 4) is 28.1 Å². The zero-order valence-electron chi connectivity index (χ0n) is 19.1. The molecular weight excluding hydrogens is 486 g/mol. The van der Waals surface area contributed by atoms with E-state index in [2.05, 4.69) is 19.8 Å². The number of anilines is 1. The lowest BCUT2D eigenvalue weighted by Crippen LogP contribution is -2.18. The number of benzene rings is 2. The van der Waals surface area contributed by atoms with Gasteiger partial charge in [0, 0.05) is 36.5 Å². The molecule has 1 aliphatic carbocycles. The maximum Gasteiger partial charge on any atom is 0.236 e. The van der Waals surface area contributed by atoms with E-state index in [-0.39, 0.29) is 17.1 Å². The molecule has 3 aromatic heterocycles. The third-order valence-corrected chi connectivity index (χ3v) is 7.93. The number of fused-ring (bicyclic) bond motifs is 1. The Morgan fingerprint density at radius 3 is 2.58 bits per heavy atom. The molecule has 1 N–H and O–H groups in total. The van der Waals surface area contributed by atoms with Crippen LogP contribution in [0, 0.1) is 11.6 Å². The number of nitrogens with zero attached hydrogens (tertiary/aromatic N) is 5. The van der Waals surface area contributed by atoms with Crippen molar-refractivity contribution in [2.45, 2.75) is 18.1 Å². The van der Waals surface area contributed by atoms with Gasteiger partial charge in [-0.3, -0.25) is 14.0 Å². The molecule has 1 fully saturated rings. The third kappa shape index (κ3) is 4.11. The number of nitrogens with one attached hydrogen (secondary N) is 1. The number of rotatable bonds is 6. The third-order valence-electron chi connectivity index (χ3n) is 6.09. The van der Waals surface area contributed by atoms with E-state index in [0.29, 0.717) is 24.0 Å². The van der Waals surface area contributed by atoms with Crippen molar-refractivity contribution < 1.29 is 17.2 Å². The number of pyridine rings is 1. The predicted octanol–water partition coefficient (Wildman–Crippen LogP) is 4.67. The van der Waals surface area contributed by atoms with Crippen LogP contribution in [0.2, 0.25) is 0 Å². The van der Waals surface area contributed by atoms with Crippen LogP contribution in [0.4, 0.5) is 14.6 Å². The average Bonchev–Trinajstić information content (AvgIpc) is 3.49. The molecule has 3 heterocycles. The van der Waals surface area contributed by atoms with Crippen LogP contribution in [-0.4, -0.2) is 38.0 Å².